The minimum absolute atomic E-state index is 0.0843. The van der Waals surface area contributed by atoms with Crippen molar-refractivity contribution in [2.75, 3.05) is 33.9 Å². The zero-order valence-electron chi connectivity index (χ0n) is 15.7. The average molecular weight is 375 g/mol. The maximum atomic E-state index is 6.09. The Hall–Kier alpha value is -1.59. The van der Waals surface area contributed by atoms with Gasteiger partial charge < -0.3 is 19.7 Å². The molecule has 0 bridgehead atoms. The lowest BCUT2D eigenvalue weighted by atomic mass is 9.99. The second kappa shape index (κ2) is 8.87. The lowest BCUT2D eigenvalue weighted by Crippen LogP contribution is -2.46. The molecule has 0 spiro atoms. The normalized spacial score (nSPS) is 19.3. The summed E-state index contributed by atoms with van der Waals surface area (Å²) in [5.41, 5.74) is 3.51. The number of morpholine rings is 1. The Morgan fingerprint density at radius 1 is 1.27 bits per heavy atom. The van der Waals surface area contributed by atoms with Gasteiger partial charge in [-0.2, -0.15) is 0 Å². The van der Waals surface area contributed by atoms with Gasteiger partial charge in [0.25, 0.3) is 0 Å². The largest absolute Gasteiger partial charge is 0.496 e. The van der Waals surface area contributed by atoms with Crippen LogP contribution in [0, 0.1) is 6.92 Å². The highest BCUT2D eigenvalue weighted by molar-refractivity contribution is 6.30. The molecule has 1 aliphatic rings. The number of methoxy groups -OCH3 is 1. The number of likely N-dealkylation sites (N-methyl/N-ethyl adjacent to an activating group) is 1. The molecular formula is C21H27ClN2O2. The Bertz CT molecular complexity index is 720. The topological polar surface area (TPSA) is 33.7 Å². The van der Waals surface area contributed by atoms with Crippen molar-refractivity contribution in [3.8, 4) is 5.75 Å². The van der Waals surface area contributed by atoms with Gasteiger partial charge in [-0.1, -0.05) is 35.9 Å². The van der Waals surface area contributed by atoms with Crippen molar-refractivity contribution in [3.63, 3.8) is 0 Å². The highest BCUT2D eigenvalue weighted by atomic mass is 35.5. The molecule has 1 N–H and O–H groups in total. The number of aryl methyl sites for hydroxylation is 1. The highest BCUT2D eigenvalue weighted by Crippen LogP contribution is 2.26. The fraction of sp³-hybridized carbons (Fsp3) is 0.429. The van der Waals surface area contributed by atoms with Crippen LogP contribution in [-0.4, -0.2) is 44.9 Å². The van der Waals surface area contributed by atoms with Crippen LogP contribution in [0.3, 0.4) is 0 Å². The van der Waals surface area contributed by atoms with Crippen molar-refractivity contribution in [2.24, 2.45) is 0 Å². The summed E-state index contributed by atoms with van der Waals surface area (Å²) in [5.74, 6) is 0.911. The van der Waals surface area contributed by atoms with Crippen LogP contribution in [0.2, 0.25) is 5.02 Å². The van der Waals surface area contributed by atoms with E-state index in [1.807, 2.05) is 12.1 Å². The fourth-order valence-corrected chi connectivity index (χ4v) is 3.49. The predicted octanol–water partition coefficient (Wildman–Crippen LogP) is 3.82. The van der Waals surface area contributed by atoms with Gasteiger partial charge in [0.15, 0.2) is 0 Å². The summed E-state index contributed by atoms with van der Waals surface area (Å²) in [4.78, 5) is 2.31. The van der Waals surface area contributed by atoms with Crippen LogP contribution in [0.15, 0.2) is 42.5 Å². The SMILES string of the molecule is COc1cc(C)ccc1CN[C@H](c1ccc(Cl)cc1)[C@H]1CN(C)CCO1. The second-order valence-electron chi connectivity index (χ2n) is 6.90. The van der Waals surface area contributed by atoms with Crippen LogP contribution in [0.5, 0.6) is 5.75 Å². The molecule has 2 aromatic rings. The molecule has 0 aliphatic carbocycles. The summed E-state index contributed by atoms with van der Waals surface area (Å²) < 4.78 is 11.6. The smallest absolute Gasteiger partial charge is 0.123 e. The van der Waals surface area contributed by atoms with Gasteiger partial charge in [0.2, 0.25) is 0 Å². The minimum Gasteiger partial charge on any atom is -0.496 e. The van der Waals surface area contributed by atoms with Crippen molar-refractivity contribution >= 4 is 11.6 Å². The molecule has 2 atom stereocenters. The van der Waals surface area contributed by atoms with Crippen molar-refractivity contribution in [3.05, 3.63) is 64.2 Å². The van der Waals surface area contributed by atoms with Crippen molar-refractivity contribution < 1.29 is 9.47 Å². The third-order valence-corrected chi connectivity index (χ3v) is 5.10. The standard InChI is InChI=1S/C21H27ClN2O2/c1-15-4-5-17(19(12-15)25-3)13-23-21(16-6-8-18(22)9-7-16)20-14-24(2)10-11-26-20/h4-9,12,20-21,23H,10-11,13-14H2,1-3H3/t20-,21-/m1/s1. The van der Waals surface area contributed by atoms with Crippen LogP contribution in [0.4, 0.5) is 0 Å². The molecule has 3 rings (SSSR count). The van der Waals surface area contributed by atoms with E-state index in [1.54, 1.807) is 7.11 Å². The Balaban J connectivity index is 1.80. The molecule has 1 saturated heterocycles. The molecule has 1 fully saturated rings. The molecule has 140 valence electrons. The van der Waals surface area contributed by atoms with E-state index in [1.165, 1.54) is 11.1 Å². The Morgan fingerprint density at radius 3 is 2.73 bits per heavy atom. The molecule has 5 heteroatoms. The number of benzene rings is 2. The minimum atomic E-state index is 0.0843. The molecule has 0 aromatic heterocycles. The van der Waals surface area contributed by atoms with Crippen LogP contribution in [0.25, 0.3) is 0 Å². The van der Waals surface area contributed by atoms with Gasteiger partial charge in [0, 0.05) is 30.2 Å². The quantitative estimate of drug-likeness (QED) is 0.833. The summed E-state index contributed by atoms with van der Waals surface area (Å²) >= 11 is 6.08. The number of hydrogen-bond acceptors (Lipinski definition) is 4. The Morgan fingerprint density at radius 2 is 2.04 bits per heavy atom. The van der Waals surface area contributed by atoms with Gasteiger partial charge in [-0.05, 0) is 43.3 Å². The fourth-order valence-electron chi connectivity index (χ4n) is 3.36. The van der Waals surface area contributed by atoms with Crippen molar-refractivity contribution in [2.45, 2.75) is 25.6 Å². The molecule has 2 aromatic carbocycles. The first-order valence-electron chi connectivity index (χ1n) is 8.99. The van der Waals surface area contributed by atoms with Crippen molar-refractivity contribution in [1.82, 2.24) is 10.2 Å². The van der Waals surface area contributed by atoms with E-state index in [-0.39, 0.29) is 12.1 Å². The molecule has 0 unspecified atom stereocenters. The summed E-state index contributed by atoms with van der Waals surface area (Å²) in [5, 5.41) is 4.43. The van der Waals surface area contributed by atoms with Crippen LogP contribution in [0.1, 0.15) is 22.7 Å². The first-order valence-corrected chi connectivity index (χ1v) is 9.37. The van der Waals surface area contributed by atoms with E-state index >= 15 is 0 Å². The number of ether oxygens (including phenoxy) is 2. The molecule has 0 saturated carbocycles. The van der Waals surface area contributed by atoms with Gasteiger partial charge in [-0.15, -0.1) is 0 Å². The summed E-state index contributed by atoms with van der Waals surface area (Å²) in [6, 6.07) is 14.4. The lowest BCUT2D eigenvalue weighted by Gasteiger charge is -2.36. The first-order chi connectivity index (χ1) is 12.6. The molecular weight excluding hydrogens is 348 g/mol. The number of halogens is 1. The van der Waals surface area contributed by atoms with Crippen LogP contribution < -0.4 is 10.1 Å². The van der Waals surface area contributed by atoms with Crippen LogP contribution >= 0.6 is 11.6 Å². The maximum absolute atomic E-state index is 6.09. The number of nitrogens with zero attached hydrogens (tertiary/aromatic N) is 1. The zero-order chi connectivity index (χ0) is 18.5. The zero-order valence-corrected chi connectivity index (χ0v) is 16.4. The Labute approximate surface area is 161 Å². The van der Waals surface area contributed by atoms with E-state index in [0.29, 0.717) is 6.54 Å². The maximum Gasteiger partial charge on any atom is 0.123 e. The summed E-state index contributed by atoms with van der Waals surface area (Å²) in [6.45, 7) is 5.39. The molecule has 0 radical (unpaired) electrons. The predicted molar refractivity (Wildman–Crippen MR) is 106 cm³/mol. The van der Waals surface area contributed by atoms with Gasteiger partial charge in [-0.25, -0.2) is 0 Å². The Kier molecular flexibility index (Phi) is 6.54. The van der Waals surface area contributed by atoms with Crippen LogP contribution in [-0.2, 0) is 11.3 Å². The van der Waals surface area contributed by atoms with E-state index in [9.17, 15) is 0 Å². The summed E-state index contributed by atoms with van der Waals surface area (Å²) in [7, 11) is 3.85. The summed E-state index contributed by atoms with van der Waals surface area (Å²) in [6.07, 6.45) is 0.0892. The van der Waals surface area contributed by atoms with Gasteiger partial charge in [0.1, 0.15) is 5.75 Å². The van der Waals surface area contributed by atoms with E-state index < -0.39 is 0 Å². The monoisotopic (exact) mass is 374 g/mol. The van der Waals surface area contributed by atoms with E-state index in [0.717, 1.165) is 36.0 Å². The third kappa shape index (κ3) is 4.77. The van der Waals surface area contributed by atoms with Crippen molar-refractivity contribution in [1.29, 1.82) is 0 Å². The molecule has 4 nitrogen and oxygen atoms in total. The van der Waals surface area contributed by atoms with E-state index in [2.05, 4.69) is 54.5 Å². The number of hydrogen-bond donors (Lipinski definition) is 1. The number of nitrogens with one attached hydrogen (secondary N) is 1. The molecule has 0 amide bonds. The van der Waals surface area contributed by atoms with Gasteiger partial charge >= 0.3 is 0 Å². The second-order valence-corrected chi connectivity index (χ2v) is 7.33. The third-order valence-electron chi connectivity index (χ3n) is 4.85. The van der Waals surface area contributed by atoms with Gasteiger partial charge in [-0.3, -0.25) is 0 Å². The lowest BCUT2D eigenvalue weighted by molar-refractivity contribution is -0.0396. The number of rotatable bonds is 6. The first kappa shape index (κ1) is 19.2. The molecule has 26 heavy (non-hydrogen) atoms. The molecule has 1 aliphatic heterocycles. The molecule has 1 heterocycles. The van der Waals surface area contributed by atoms with E-state index in [4.69, 9.17) is 21.1 Å². The van der Waals surface area contributed by atoms with Gasteiger partial charge in [0.05, 0.1) is 25.9 Å². The average Bonchev–Trinajstić information content (AvgIpc) is 2.64. The highest BCUT2D eigenvalue weighted by Gasteiger charge is 2.28.